The Bertz CT molecular complexity index is 481. The molecule has 1 aliphatic rings. The molecule has 2 rings (SSSR count). The van der Waals surface area contributed by atoms with Crippen molar-refractivity contribution < 1.29 is 9.53 Å². The van der Waals surface area contributed by atoms with Crippen LogP contribution in [-0.4, -0.2) is 23.4 Å². The highest BCUT2D eigenvalue weighted by atomic mass is 79.9. The first kappa shape index (κ1) is 16.3. The fourth-order valence-electron chi connectivity index (χ4n) is 2.85. The molecule has 3 nitrogen and oxygen atoms in total. The molecule has 0 aliphatic heterocycles. The highest BCUT2D eigenvalue weighted by Crippen LogP contribution is 2.33. The number of ether oxygens (including phenoxy) is 1. The van der Waals surface area contributed by atoms with Gasteiger partial charge in [-0.3, -0.25) is 4.79 Å². The van der Waals surface area contributed by atoms with Gasteiger partial charge in [0.2, 0.25) is 0 Å². The van der Waals surface area contributed by atoms with Crippen molar-refractivity contribution in [1.29, 1.82) is 0 Å². The summed E-state index contributed by atoms with van der Waals surface area (Å²) in [5, 5.41) is 4.05. The minimum atomic E-state index is -0.122. The fourth-order valence-corrected chi connectivity index (χ4v) is 3.55. The molecule has 1 amide bonds. The molecule has 1 aromatic rings. The lowest BCUT2D eigenvalue weighted by Gasteiger charge is -2.39. The van der Waals surface area contributed by atoms with Crippen molar-refractivity contribution in [3.05, 3.63) is 29.8 Å². The number of para-hydroxylation sites is 1. The number of carbonyl (C=O) groups is 1. The number of amides is 1. The Morgan fingerprint density at radius 1 is 1.38 bits per heavy atom. The lowest BCUT2D eigenvalue weighted by molar-refractivity contribution is 0.0870. The van der Waals surface area contributed by atoms with Crippen LogP contribution in [0.4, 0.5) is 0 Å². The van der Waals surface area contributed by atoms with E-state index in [4.69, 9.17) is 4.74 Å². The van der Waals surface area contributed by atoms with E-state index >= 15 is 0 Å². The van der Waals surface area contributed by atoms with Gasteiger partial charge >= 0.3 is 0 Å². The van der Waals surface area contributed by atoms with Crippen molar-refractivity contribution in [1.82, 2.24) is 5.32 Å². The van der Waals surface area contributed by atoms with Crippen LogP contribution in [0.3, 0.4) is 0 Å². The first-order valence-electron chi connectivity index (χ1n) is 7.70. The molecule has 0 radical (unpaired) electrons. The number of benzene rings is 1. The molecule has 4 heteroatoms. The zero-order valence-corrected chi connectivity index (χ0v) is 14.4. The zero-order valence-electron chi connectivity index (χ0n) is 12.8. The number of halogens is 1. The molecule has 1 aromatic carbocycles. The normalized spacial score (nSPS) is 25.4. The van der Waals surface area contributed by atoms with Gasteiger partial charge in [0, 0.05) is 5.33 Å². The van der Waals surface area contributed by atoms with Gasteiger partial charge in [0.05, 0.1) is 17.7 Å². The second-order valence-corrected chi connectivity index (χ2v) is 6.54. The SMILES string of the molecule is CCOc1ccccc1C(=O)NC1(CBr)CCC(C)CC1. The van der Waals surface area contributed by atoms with E-state index in [9.17, 15) is 4.79 Å². The summed E-state index contributed by atoms with van der Waals surface area (Å²) < 4.78 is 5.56. The average Bonchev–Trinajstić information content (AvgIpc) is 2.51. The molecule has 116 valence electrons. The molecule has 1 saturated carbocycles. The van der Waals surface area contributed by atoms with Crippen molar-refractivity contribution in [2.24, 2.45) is 5.92 Å². The zero-order chi connectivity index (χ0) is 15.3. The summed E-state index contributed by atoms with van der Waals surface area (Å²) in [6, 6.07) is 7.45. The van der Waals surface area contributed by atoms with E-state index in [-0.39, 0.29) is 11.4 Å². The van der Waals surface area contributed by atoms with Gasteiger partial charge in [0.15, 0.2) is 0 Å². The van der Waals surface area contributed by atoms with E-state index in [1.54, 1.807) is 0 Å². The van der Waals surface area contributed by atoms with Crippen LogP contribution >= 0.6 is 15.9 Å². The summed E-state index contributed by atoms with van der Waals surface area (Å²) in [4.78, 5) is 12.6. The standard InChI is InChI=1S/C17H24BrNO2/c1-3-21-15-7-5-4-6-14(15)16(20)19-17(12-18)10-8-13(2)9-11-17/h4-7,13H,3,8-12H2,1-2H3,(H,19,20). The first-order chi connectivity index (χ1) is 10.1. The van der Waals surface area contributed by atoms with Crippen molar-refractivity contribution in [3.8, 4) is 5.75 Å². The van der Waals surface area contributed by atoms with E-state index in [0.717, 1.165) is 24.1 Å². The maximum Gasteiger partial charge on any atom is 0.255 e. The van der Waals surface area contributed by atoms with Gasteiger partial charge in [-0.15, -0.1) is 0 Å². The molecule has 0 spiro atoms. The molecule has 0 bridgehead atoms. The predicted octanol–water partition coefficient (Wildman–Crippen LogP) is 4.16. The number of alkyl halides is 1. The topological polar surface area (TPSA) is 38.3 Å². The molecule has 1 N–H and O–H groups in total. The number of rotatable bonds is 5. The van der Waals surface area contributed by atoms with E-state index in [1.807, 2.05) is 31.2 Å². The summed E-state index contributed by atoms with van der Waals surface area (Å²) in [5.74, 6) is 1.38. The summed E-state index contributed by atoms with van der Waals surface area (Å²) >= 11 is 3.59. The lowest BCUT2D eigenvalue weighted by atomic mass is 9.78. The summed E-state index contributed by atoms with van der Waals surface area (Å²) in [6.45, 7) is 4.77. The highest BCUT2D eigenvalue weighted by molar-refractivity contribution is 9.09. The second-order valence-electron chi connectivity index (χ2n) is 5.98. The van der Waals surface area contributed by atoms with Crippen LogP contribution < -0.4 is 10.1 Å². The van der Waals surface area contributed by atoms with Crippen molar-refractivity contribution in [2.75, 3.05) is 11.9 Å². The summed E-state index contributed by atoms with van der Waals surface area (Å²) in [6.07, 6.45) is 4.39. The quantitative estimate of drug-likeness (QED) is 0.807. The van der Waals surface area contributed by atoms with Crippen LogP contribution in [0.5, 0.6) is 5.75 Å². The minimum Gasteiger partial charge on any atom is -0.493 e. The van der Waals surface area contributed by atoms with Gasteiger partial charge in [-0.25, -0.2) is 0 Å². The molecule has 0 saturated heterocycles. The molecule has 0 heterocycles. The summed E-state index contributed by atoms with van der Waals surface area (Å²) in [7, 11) is 0. The van der Waals surface area contributed by atoms with Gasteiger partial charge in [-0.1, -0.05) is 35.0 Å². The Morgan fingerprint density at radius 2 is 2.05 bits per heavy atom. The summed E-state index contributed by atoms with van der Waals surface area (Å²) in [5.41, 5.74) is 0.501. The monoisotopic (exact) mass is 353 g/mol. The Kier molecular flexibility index (Phi) is 5.68. The second kappa shape index (κ2) is 7.30. The van der Waals surface area contributed by atoms with Crippen LogP contribution in [0.1, 0.15) is 49.9 Å². The van der Waals surface area contributed by atoms with Crippen molar-refractivity contribution in [3.63, 3.8) is 0 Å². The van der Waals surface area contributed by atoms with E-state index < -0.39 is 0 Å². The molecule has 1 aliphatic carbocycles. The number of nitrogens with one attached hydrogen (secondary N) is 1. The van der Waals surface area contributed by atoms with Crippen LogP contribution in [0.15, 0.2) is 24.3 Å². The third-order valence-corrected chi connectivity index (χ3v) is 5.37. The van der Waals surface area contributed by atoms with Crippen molar-refractivity contribution in [2.45, 2.75) is 45.1 Å². The van der Waals surface area contributed by atoms with Gasteiger partial charge in [-0.05, 0) is 50.7 Å². The Labute approximate surface area is 135 Å². The van der Waals surface area contributed by atoms with Gasteiger partial charge in [0.25, 0.3) is 5.91 Å². The van der Waals surface area contributed by atoms with Crippen LogP contribution in [-0.2, 0) is 0 Å². The molecule has 0 aromatic heterocycles. The smallest absolute Gasteiger partial charge is 0.255 e. The van der Waals surface area contributed by atoms with E-state index in [2.05, 4.69) is 28.2 Å². The molecule has 1 fully saturated rings. The Balaban J connectivity index is 2.13. The van der Waals surface area contributed by atoms with Crippen LogP contribution in [0, 0.1) is 5.92 Å². The number of carbonyl (C=O) groups excluding carboxylic acids is 1. The van der Waals surface area contributed by atoms with E-state index in [1.165, 1.54) is 12.8 Å². The maximum atomic E-state index is 12.6. The fraction of sp³-hybridized carbons (Fsp3) is 0.588. The van der Waals surface area contributed by atoms with Gasteiger partial charge < -0.3 is 10.1 Å². The Morgan fingerprint density at radius 3 is 2.67 bits per heavy atom. The van der Waals surface area contributed by atoms with Crippen molar-refractivity contribution >= 4 is 21.8 Å². The number of hydrogen-bond acceptors (Lipinski definition) is 2. The lowest BCUT2D eigenvalue weighted by Crippen LogP contribution is -2.52. The molecular weight excluding hydrogens is 330 g/mol. The minimum absolute atomic E-state index is 0.0342. The largest absolute Gasteiger partial charge is 0.493 e. The van der Waals surface area contributed by atoms with E-state index in [0.29, 0.717) is 17.9 Å². The molecule has 21 heavy (non-hydrogen) atoms. The average molecular weight is 354 g/mol. The maximum absolute atomic E-state index is 12.6. The number of hydrogen-bond donors (Lipinski definition) is 1. The van der Waals surface area contributed by atoms with Gasteiger partial charge in [-0.2, -0.15) is 0 Å². The Hall–Kier alpha value is -1.03. The van der Waals surface area contributed by atoms with Crippen LogP contribution in [0.2, 0.25) is 0 Å². The molecule has 0 atom stereocenters. The third-order valence-electron chi connectivity index (χ3n) is 4.30. The van der Waals surface area contributed by atoms with Crippen LogP contribution in [0.25, 0.3) is 0 Å². The highest BCUT2D eigenvalue weighted by Gasteiger charge is 2.35. The molecule has 0 unspecified atom stereocenters. The third kappa shape index (κ3) is 4.00. The molecular formula is C17H24BrNO2. The first-order valence-corrected chi connectivity index (χ1v) is 8.82. The predicted molar refractivity (Wildman–Crippen MR) is 89.2 cm³/mol. The van der Waals surface area contributed by atoms with Gasteiger partial charge in [0.1, 0.15) is 5.75 Å².